The van der Waals surface area contributed by atoms with Gasteiger partial charge >= 0.3 is 12.1 Å². The second kappa shape index (κ2) is 22.8. The molecule has 8 heteroatoms. The second-order valence-corrected chi connectivity index (χ2v) is 15.0. The average Bonchev–Trinajstić information content (AvgIpc) is 3.34. The quantitative estimate of drug-likeness (QED) is 0.0345. The molecule has 0 N–H and O–H groups in total. The van der Waals surface area contributed by atoms with Crippen LogP contribution in [-0.4, -0.2) is 32.4 Å². The Kier molecular flexibility index (Phi) is 15.8. The van der Waals surface area contributed by atoms with E-state index in [4.69, 9.17) is 18.9 Å². The van der Waals surface area contributed by atoms with Gasteiger partial charge in [0, 0.05) is 41.0 Å². The molecule has 0 saturated heterocycles. The van der Waals surface area contributed by atoms with Crippen molar-refractivity contribution in [2.24, 2.45) is 0 Å². The third kappa shape index (κ3) is 12.8. The Morgan fingerprint density at radius 2 is 0.734 bits per heavy atom. The Morgan fingerprint density at radius 1 is 0.406 bits per heavy atom. The highest BCUT2D eigenvalue weighted by Crippen LogP contribution is 2.37. The minimum atomic E-state index is -0.736. The average molecular weight is 849 g/mol. The second-order valence-electron chi connectivity index (χ2n) is 15.0. The molecule has 0 aliphatic heterocycles. The molecule has 0 saturated carbocycles. The molecule has 0 radical (unpaired) electrons. The first-order chi connectivity index (χ1) is 31.4. The lowest BCUT2D eigenvalue weighted by molar-refractivity contribution is -0.141. The molecule has 0 unspecified atom stereocenters. The van der Waals surface area contributed by atoms with Crippen molar-refractivity contribution in [2.45, 2.75) is 32.6 Å². The Balaban J connectivity index is 0.937. The van der Waals surface area contributed by atoms with Gasteiger partial charge in [-0.15, -0.1) is 0 Å². The molecule has 7 rings (SSSR count). The molecule has 322 valence electrons. The third-order valence-corrected chi connectivity index (χ3v) is 10.4. The highest BCUT2D eigenvalue weighted by atomic mass is 16.7. The molecule has 0 fully saturated rings. The van der Waals surface area contributed by atoms with Crippen LogP contribution in [0.4, 0.5) is 38.9 Å². The lowest BCUT2D eigenvalue weighted by atomic mass is 10.1. The van der Waals surface area contributed by atoms with Crippen LogP contribution in [0.5, 0.6) is 11.5 Å². The van der Waals surface area contributed by atoms with Gasteiger partial charge in [0.05, 0.1) is 20.3 Å². The topological polar surface area (TPSA) is 77.5 Å². The van der Waals surface area contributed by atoms with Crippen molar-refractivity contribution < 1.29 is 28.5 Å². The van der Waals surface area contributed by atoms with Gasteiger partial charge in [-0.05, 0) is 145 Å². The first kappa shape index (κ1) is 44.2. The molecular weight excluding hydrogens is 797 g/mol. The van der Waals surface area contributed by atoms with Crippen molar-refractivity contribution in [3.8, 4) is 11.5 Å². The Morgan fingerprint density at radius 3 is 1.11 bits per heavy atom. The molecule has 0 amide bonds. The van der Waals surface area contributed by atoms with Gasteiger partial charge in [0.2, 0.25) is 0 Å². The highest BCUT2D eigenvalue weighted by molar-refractivity contribution is 5.80. The summed E-state index contributed by atoms with van der Waals surface area (Å²) in [5, 5.41) is 0. The first-order valence-electron chi connectivity index (χ1n) is 21.5. The minimum Gasteiger partial charge on any atom is -0.497 e. The molecule has 64 heavy (non-hydrogen) atoms. The summed E-state index contributed by atoms with van der Waals surface area (Å²) in [6.07, 6.45) is 11.0. The van der Waals surface area contributed by atoms with Gasteiger partial charge in [-0.2, -0.15) is 0 Å². The minimum absolute atomic E-state index is 0.265. The summed E-state index contributed by atoms with van der Waals surface area (Å²) in [6.45, 7) is 2.08. The number of carbonyl (C=O) groups excluding carboxylic acids is 2. The molecule has 0 aromatic heterocycles. The fourth-order valence-electron chi connectivity index (χ4n) is 7.07. The van der Waals surface area contributed by atoms with Crippen LogP contribution < -0.4 is 19.3 Å². The molecule has 0 spiro atoms. The summed E-state index contributed by atoms with van der Waals surface area (Å²) < 4.78 is 21.0. The number of para-hydroxylation sites is 2. The lowest BCUT2D eigenvalue weighted by Crippen LogP contribution is -2.12. The van der Waals surface area contributed by atoms with E-state index in [0.717, 1.165) is 81.4 Å². The standard InChI is InChI=1S/C56H52N2O6/c1-43(59)62-41-11-3-4-12-42-63-56(60)64-55-39-35-53(36-40-55)58(49-15-9-6-10-16-49)51-31-27-47(28-32-51)24-22-45-19-17-44(18-20-45)21-23-46-25-29-50(30-26-46)57(48-13-7-5-8-14-48)52-33-37-54(61-2)38-34-52/h5-10,13-40H,3-4,11-12,41-42H2,1-2H3. The van der Waals surface area contributed by atoms with Crippen LogP contribution in [0.15, 0.2) is 182 Å². The number of rotatable bonds is 19. The van der Waals surface area contributed by atoms with E-state index < -0.39 is 6.16 Å². The predicted octanol–water partition coefficient (Wildman–Crippen LogP) is 14.6. The fourth-order valence-corrected chi connectivity index (χ4v) is 7.07. The number of nitrogens with zero attached hydrogens (tertiary/aromatic N) is 2. The zero-order valence-electron chi connectivity index (χ0n) is 36.2. The van der Waals surface area contributed by atoms with Gasteiger partial charge < -0.3 is 28.7 Å². The van der Waals surface area contributed by atoms with Crippen LogP contribution in [-0.2, 0) is 14.3 Å². The molecule has 0 atom stereocenters. The lowest BCUT2D eigenvalue weighted by Gasteiger charge is -2.25. The normalized spacial score (nSPS) is 11.0. The monoisotopic (exact) mass is 848 g/mol. The van der Waals surface area contributed by atoms with Gasteiger partial charge in [-0.1, -0.05) is 109 Å². The van der Waals surface area contributed by atoms with Crippen molar-refractivity contribution in [3.63, 3.8) is 0 Å². The smallest absolute Gasteiger partial charge is 0.497 e. The Labute approximate surface area is 376 Å². The molecule has 7 aromatic carbocycles. The SMILES string of the molecule is COc1ccc(N(c2ccccc2)c2ccc(C=Cc3ccc(C=Cc4ccc(N(c5ccccc5)c5ccc(OC(=O)OCCCCCCOC(C)=O)cc5)cc4)cc3)cc2)cc1. The number of unbranched alkanes of at least 4 members (excludes halogenated alkanes) is 3. The van der Waals surface area contributed by atoms with Crippen LogP contribution in [0.1, 0.15) is 54.9 Å². The largest absolute Gasteiger partial charge is 0.513 e. The van der Waals surface area contributed by atoms with E-state index in [-0.39, 0.29) is 12.6 Å². The van der Waals surface area contributed by atoms with Crippen molar-refractivity contribution in [3.05, 3.63) is 204 Å². The summed E-state index contributed by atoms with van der Waals surface area (Å²) in [5.74, 6) is 0.952. The third-order valence-electron chi connectivity index (χ3n) is 10.4. The summed E-state index contributed by atoms with van der Waals surface area (Å²) in [7, 11) is 1.68. The molecule has 0 aliphatic carbocycles. The van der Waals surface area contributed by atoms with E-state index in [1.165, 1.54) is 6.92 Å². The fraction of sp³-hybridized carbons (Fsp3) is 0.143. The maximum Gasteiger partial charge on any atom is 0.513 e. The molecule has 0 bridgehead atoms. The van der Waals surface area contributed by atoms with E-state index in [0.29, 0.717) is 18.8 Å². The zero-order chi connectivity index (χ0) is 44.4. The van der Waals surface area contributed by atoms with Crippen LogP contribution in [0.25, 0.3) is 24.3 Å². The number of methoxy groups -OCH3 is 1. The maximum absolute atomic E-state index is 12.3. The number of carbonyl (C=O) groups is 2. The summed E-state index contributed by atoms with van der Waals surface area (Å²) >= 11 is 0. The van der Waals surface area contributed by atoms with E-state index in [1.807, 2.05) is 48.5 Å². The van der Waals surface area contributed by atoms with Crippen molar-refractivity contribution in [2.75, 3.05) is 30.1 Å². The van der Waals surface area contributed by atoms with E-state index >= 15 is 0 Å². The molecule has 7 aromatic rings. The summed E-state index contributed by atoms with van der Waals surface area (Å²) in [5.41, 5.74) is 10.5. The van der Waals surface area contributed by atoms with E-state index in [2.05, 4.69) is 155 Å². The molecule has 0 heterocycles. The van der Waals surface area contributed by atoms with E-state index in [1.54, 1.807) is 19.2 Å². The maximum atomic E-state index is 12.3. The molecular formula is C56H52N2O6. The van der Waals surface area contributed by atoms with Crippen molar-refractivity contribution in [1.82, 2.24) is 0 Å². The van der Waals surface area contributed by atoms with E-state index in [9.17, 15) is 9.59 Å². The molecule has 0 aliphatic rings. The summed E-state index contributed by atoms with van der Waals surface area (Å²) in [4.78, 5) is 27.6. The number of esters is 1. The van der Waals surface area contributed by atoms with Crippen LogP contribution in [0.3, 0.4) is 0 Å². The number of anilines is 6. The van der Waals surface area contributed by atoms with Gasteiger partial charge in [0.1, 0.15) is 11.5 Å². The van der Waals surface area contributed by atoms with Gasteiger partial charge in [0.15, 0.2) is 0 Å². The Bertz CT molecular complexity index is 2570. The van der Waals surface area contributed by atoms with Gasteiger partial charge in [0.25, 0.3) is 0 Å². The first-order valence-corrected chi connectivity index (χ1v) is 21.5. The summed E-state index contributed by atoms with van der Waals surface area (Å²) in [6, 6.07) is 61.5. The van der Waals surface area contributed by atoms with Crippen LogP contribution in [0.2, 0.25) is 0 Å². The highest BCUT2D eigenvalue weighted by Gasteiger charge is 2.15. The Hall–Kier alpha value is -7.84. The van der Waals surface area contributed by atoms with Crippen molar-refractivity contribution in [1.29, 1.82) is 0 Å². The predicted molar refractivity (Wildman–Crippen MR) is 260 cm³/mol. The van der Waals surface area contributed by atoms with Crippen LogP contribution >= 0.6 is 0 Å². The van der Waals surface area contributed by atoms with Gasteiger partial charge in [-0.25, -0.2) is 4.79 Å². The number of ether oxygens (including phenoxy) is 4. The van der Waals surface area contributed by atoms with Crippen LogP contribution in [0, 0.1) is 0 Å². The molecule has 8 nitrogen and oxygen atoms in total. The van der Waals surface area contributed by atoms with Gasteiger partial charge in [-0.3, -0.25) is 4.79 Å². The number of benzene rings is 7. The number of hydrogen-bond donors (Lipinski definition) is 0. The number of hydrogen-bond acceptors (Lipinski definition) is 8. The van der Waals surface area contributed by atoms with Crippen molar-refractivity contribution >= 4 is 70.6 Å². The zero-order valence-corrected chi connectivity index (χ0v) is 36.2.